The molecule has 1 N–H and O–H groups in total. The Kier molecular flexibility index (Phi) is 4.93. The van der Waals surface area contributed by atoms with E-state index >= 15 is 0 Å². The van der Waals surface area contributed by atoms with Crippen LogP contribution in [0.15, 0.2) is 29.2 Å². The van der Waals surface area contributed by atoms with Crippen LogP contribution in [-0.2, 0) is 26.1 Å². The zero-order chi connectivity index (χ0) is 13.7. The molecular weight excluding hydrogens is 266 g/mol. The van der Waals surface area contributed by atoms with Gasteiger partial charge in [0, 0.05) is 20.3 Å². The molecule has 0 bridgehead atoms. The molecule has 0 amide bonds. The van der Waals surface area contributed by atoms with E-state index in [1.54, 1.807) is 25.3 Å². The molecule has 0 spiro atoms. The first-order chi connectivity index (χ1) is 9.12. The highest BCUT2D eigenvalue weighted by Gasteiger charge is 2.20. The van der Waals surface area contributed by atoms with Crippen molar-refractivity contribution in [1.82, 2.24) is 4.72 Å². The summed E-state index contributed by atoms with van der Waals surface area (Å²) in [4.78, 5) is 0.264. The highest BCUT2D eigenvalue weighted by Crippen LogP contribution is 2.14. The second kappa shape index (κ2) is 6.47. The van der Waals surface area contributed by atoms with Crippen LogP contribution in [-0.4, -0.2) is 34.8 Å². The third-order valence-corrected chi connectivity index (χ3v) is 4.47. The average Bonchev–Trinajstić information content (AvgIpc) is 2.90. The van der Waals surface area contributed by atoms with Crippen molar-refractivity contribution in [2.24, 2.45) is 0 Å². The van der Waals surface area contributed by atoms with Gasteiger partial charge in [0.2, 0.25) is 10.0 Å². The van der Waals surface area contributed by atoms with Gasteiger partial charge in [0.05, 0.1) is 17.6 Å². The minimum Gasteiger partial charge on any atom is -0.380 e. The van der Waals surface area contributed by atoms with Gasteiger partial charge in [-0.25, -0.2) is 13.1 Å². The topological polar surface area (TPSA) is 64.6 Å². The molecule has 1 aliphatic rings. The van der Waals surface area contributed by atoms with E-state index in [9.17, 15) is 8.42 Å². The lowest BCUT2D eigenvalue weighted by Crippen LogP contribution is -2.31. The van der Waals surface area contributed by atoms with Crippen LogP contribution in [0.2, 0.25) is 0 Å². The molecule has 6 heteroatoms. The molecule has 1 atom stereocenters. The van der Waals surface area contributed by atoms with Crippen molar-refractivity contribution in [1.29, 1.82) is 0 Å². The Balaban J connectivity index is 2.03. The van der Waals surface area contributed by atoms with E-state index in [1.807, 2.05) is 6.07 Å². The Morgan fingerprint density at radius 1 is 1.47 bits per heavy atom. The maximum Gasteiger partial charge on any atom is 0.240 e. The maximum absolute atomic E-state index is 12.1. The lowest BCUT2D eigenvalue weighted by atomic mass is 10.2. The molecule has 1 heterocycles. The summed E-state index contributed by atoms with van der Waals surface area (Å²) in [6.07, 6.45) is 1.90. The molecule has 5 nitrogen and oxygen atoms in total. The number of sulfonamides is 1. The number of ether oxygens (including phenoxy) is 2. The molecule has 0 radical (unpaired) electrons. The van der Waals surface area contributed by atoms with Gasteiger partial charge in [-0.15, -0.1) is 0 Å². The molecule has 0 aromatic heterocycles. The number of hydrogen-bond acceptors (Lipinski definition) is 4. The SMILES string of the molecule is COCc1cccc(S(=O)(=O)NCC2CCCO2)c1. The summed E-state index contributed by atoms with van der Waals surface area (Å²) in [5.41, 5.74) is 0.836. The first-order valence-electron chi connectivity index (χ1n) is 6.31. The Morgan fingerprint density at radius 3 is 3.00 bits per heavy atom. The van der Waals surface area contributed by atoms with Crippen LogP contribution in [0.5, 0.6) is 0 Å². The Bertz CT molecular complexity index is 509. The second-order valence-corrected chi connectivity index (χ2v) is 6.33. The molecule has 2 rings (SSSR count). The van der Waals surface area contributed by atoms with Gasteiger partial charge in [0.1, 0.15) is 0 Å². The van der Waals surface area contributed by atoms with E-state index in [4.69, 9.17) is 9.47 Å². The number of hydrogen-bond donors (Lipinski definition) is 1. The largest absolute Gasteiger partial charge is 0.380 e. The van der Waals surface area contributed by atoms with Gasteiger partial charge in [-0.2, -0.15) is 0 Å². The molecule has 0 aliphatic carbocycles. The van der Waals surface area contributed by atoms with Crippen molar-refractivity contribution in [3.05, 3.63) is 29.8 Å². The maximum atomic E-state index is 12.1. The summed E-state index contributed by atoms with van der Waals surface area (Å²) in [6.45, 7) is 1.45. The highest BCUT2D eigenvalue weighted by molar-refractivity contribution is 7.89. The number of benzene rings is 1. The smallest absolute Gasteiger partial charge is 0.240 e. The Hall–Kier alpha value is -0.950. The van der Waals surface area contributed by atoms with Crippen LogP contribution in [0.4, 0.5) is 0 Å². The minimum absolute atomic E-state index is 0.00284. The molecule has 1 aromatic carbocycles. The lowest BCUT2D eigenvalue weighted by Gasteiger charge is -2.12. The summed E-state index contributed by atoms with van der Waals surface area (Å²) in [5, 5.41) is 0. The quantitative estimate of drug-likeness (QED) is 0.855. The zero-order valence-electron chi connectivity index (χ0n) is 11.0. The molecule has 1 fully saturated rings. The molecule has 1 aliphatic heterocycles. The first kappa shape index (κ1) is 14.5. The molecule has 0 saturated carbocycles. The van der Waals surface area contributed by atoms with Crippen LogP contribution < -0.4 is 4.72 Å². The average molecular weight is 285 g/mol. The van der Waals surface area contributed by atoms with Crippen molar-refractivity contribution in [2.45, 2.75) is 30.4 Å². The molecular formula is C13H19NO4S. The summed E-state index contributed by atoms with van der Waals surface area (Å²) >= 11 is 0. The van der Waals surface area contributed by atoms with Crippen molar-refractivity contribution in [3.63, 3.8) is 0 Å². The first-order valence-corrected chi connectivity index (χ1v) is 7.79. The van der Waals surface area contributed by atoms with E-state index in [2.05, 4.69) is 4.72 Å². The summed E-state index contributed by atoms with van der Waals surface area (Å²) in [6, 6.07) is 6.76. The van der Waals surface area contributed by atoms with Crippen LogP contribution >= 0.6 is 0 Å². The van der Waals surface area contributed by atoms with E-state index in [-0.39, 0.29) is 11.0 Å². The lowest BCUT2D eigenvalue weighted by molar-refractivity contribution is 0.114. The minimum atomic E-state index is -3.47. The van der Waals surface area contributed by atoms with Crippen LogP contribution in [0.1, 0.15) is 18.4 Å². The van der Waals surface area contributed by atoms with Gasteiger partial charge in [0.25, 0.3) is 0 Å². The summed E-state index contributed by atoms with van der Waals surface area (Å²) in [7, 11) is -1.89. The molecule has 1 saturated heterocycles. The predicted octanol–water partition coefficient (Wildman–Crippen LogP) is 1.29. The fourth-order valence-corrected chi connectivity index (χ4v) is 3.20. The zero-order valence-corrected chi connectivity index (χ0v) is 11.8. The summed E-state index contributed by atoms with van der Waals surface area (Å²) < 4.78 is 37.3. The number of rotatable bonds is 6. The fraction of sp³-hybridized carbons (Fsp3) is 0.538. The summed E-state index contributed by atoms with van der Waals surface area (Å²) in [5.74, 6) is 0. The Morgan fingerprint density at radius 2 is 2.32 bits per heavy atom. The van der Waals surface area contributed by atoms with Gasteiger partial charge < -0.3 is 9.47 Å². The fourth-order valence-electron chi connectivity index (χ4n) is 2.06. The second-order valence-electron chi connectivity index (χ2n) is 4.57. The van der Waals surface area contributed by atoms with Crippen LogP contribution in [0.25, 0.3) is 0 Å². The van der Waals surface area contributed by atoms with E-state index < -0.39 is 10.0 Å². The molecule has 19 heavy (non-hydrogen) atoms. The van der Waals surface area contributed by atoms with Crippen molar-refractivity contribution in [2.75, 3.05) is 20.3 Å². The Labute approximate surface area is 114 Å². The molecule has 1 unspecified atom stereocenters. The normalized spacial score (nSPS) is 19.7. The van der Waals surface area contributed by atoms with Gasteiger partial charge in [-0.3, -0.25) is 0 Å². The molecule has 1 aromatic rings. The third-order valence-electron chi connectivity index (χ3n) is 3.04. The number of nitrogens with one attached hydrogen (secondary N) is 1. The molecule has 106 valence electrons. The van der Waals surface area contributed by atoms with Crippen LogP contribution in [0, 0.1) is 0 Å². The van der Waals surface area contributed by atoms with Crippen LogP contribution in [0.3, 0.4) is 0 Å². The van der Waals surface area contributed by atoms with Gasteiger partial charge in [0.15, 0.2) is 0 Å². The van der Waals surface area contributed by atoms with Crippen molar-refractivity contribution in [3.8, 4) is 0 Å². The van der Waals surface area contributed by atoms with Gasteiger partial charge in [-0.1, -0.05) is 12.1 Å². The third kappa shape index (κ3) is 4.01. The van der Waals surface area contributed by atoms with Gasteiger partial charge in [-0.05, 0) is 30.5 Å². The highest BCUT2D eigenvalue weighted by atomic mass is 32.2. The van der Waals surface area contributed by atoms with E-state index in [0.717, 1.165) is 25.0 Å². The van der Waals surface area contributed by atoms with Crippen molar-refractivity contribution < 1.29 is 17.9 Å². The van der Waals surface area contributed by atoms with Crippen molar-refractivity contribution >= 4 is 10.0 Å². The monoisotopic (exact) mass is 285 g/mol. The van der Waals surface area contributed by atoms with E-state index in [1.165, 1.54) is 0 Å². The predicted molar refractivity (Wildman–Crippen MR) is 71.3 cm³/mol. The van der Waals surface area contributed by atoms with E-state index in [0.29, 0.717) is 13.2 Å². The number of methoxy groups -OCH3 is 1. The standard InChI is InChI=1S/C13H19NO4S/c1-17-10-11-4-2-6-13(8-11)19(15,16)14-9-12-5-3-7-18-12/h2,4,6,8,12,14H,3,5,7,9-10H2,1H3. The van der Waals surface area contributed by atoms with Gasteiger partial charge >= 0.3 is 0 Å².